The Labute approximate surface area is 83.9 Å². The summed E-state index contributed by atoms with van der Waals surface area (Å²) in [6.45, 7) is 4.79. The van der Waals surface area contributed by atoms with Crippen LogP contribution in [-0.4, -0.2) is 30.3 Å². The molecule has 4 heteroatoms. The summed E-state index contributed by atoms with van der Waals surface area (Å²) in [6.07, 6.45) is 2.18. The van der Waals surface area contributed by atoms with Crippen LogP contribution in [0, 0.1) is 0 Å². The maximum absolute atomic E-state index is 6.27. The van der Waals surface area contributed by atoms with Gasteiger partial charge in [0.2, 0.25) is 0 Å². The van der Waals surface area contributed by atoms with Gasteiger partial charge in [0.1, 0.15) is 0 Å². The molecule has 0 saturated carbocycles. The predicted molar refractivity (Wildman–Crippen MR) is 56.8 cm³/mol. The Bertz CT molecular complexity index is 120. The summed E-state index contributed by atoms with van der Waals surface area (Å²) < 4.78 is 6.62. The second-order valence-electron chi connectivity index (χ2n) is 3.40. The van der Waals surface area contributed by atoms with Crippen LogP contribution in [0.25, 0.3) is 0 Å². The number of hydrogen-bond donors (Lipinski definition) is 1. The van der Waals surface area contributed by atoms with Gasteiger partial charge in [-0.3, -0.25) is 0 Å². The van der Waals surface area contributed by atoms with Crippen LogP contribution in [0.1, 0.15) is 26.7 Å². The van der Waals surface area contributed by atoms with Crippen molar-refractivity contribution in [1.82, 2.24) is 0 Å². The summed E-state index contributed by atoms with van der Waals surface area (Å²) in [5.74, 6) is 0. The summed E-state index contributed by atoms with van der Waals surface area (Å²) in [5.41, 5.74) is 5.64. The summed E-state index contributed by atoms with van der Waals surface area (Å²) in [4.78, 5) is 2.11. The Morgan fingerprint density at radius 2 is 2.17 bits per heavy atom. The van der Waals surface area contributed by atoms with Gasteiger partial charge in [0.05, 0.1) is 0 Å². The van der Waals surface area contributed by atoms with Crippen LogP contribution in [-0.2, 0) is 3.07 Å². The van der Waals surface area contributed by atoms with Gasteiger partial charge in [-0.15, -0.1) is 0 Å². The molecule has 2 N–H and O–H groups in total. The first-order valence-corrected chi connectivity index (χ1v) is 14.2. The third-order valence-electron chi connectivity index (χ3n) is 1.73. The van der Waals surface area contributed by atoms with Crippen molar-refractivity contribution in [3.05, 3.63) is 0 Å². The van der Waals surface area contributed by atoms with Gasteiger partial charge in [-0.05, 0) is 0 Å². The SMILES string of the molecule is CC[O][Sn]([CH3])([Cl])[CH2]CCC(C)N. The monoisotopic (exact) mass is 301 g/mol. The van der Waals surface area contributed by atoms with Crippen molar-refractivity contribution in [1.29, 1.82) is 0 Å². The molecule has 74 valence electrons. The van der Waals surface area contributed by atoms with Crippen molar-refractivity contribution in [3.63, 3.8) is 0 Å². The van der Waals surface area contributed by atoms with Gasteiger partial charge in [0.25, 0.3) is 0 Å². The Balaban J connectivity index is 3.46. The fourth-order valence-corrected chi connectivity index (χ4v) is 7.26. The van der Waals surface area contributed by atoms with Crippen molar-refractivity contribution in [2.45, 2.75) is 42.1 Å². The van der Waals surface area contributed by atoms with Gasteiger partial charge in [-0.25, -0.2) is 0 Å². The first-order chi connectivity index (χ1) is 5.48. The average Bonchev–Trinajstić information content (AvgIpc) is 1.85. The van der Waals surface area contributed by atoms with E-state index in [-0.39, 0.29) is 0 Å². The van der Waals surface area contributed by atoms with Gasteiger partial charge < -0.3 is 0 Å². The van der Waals surface area contributed by atoms with E-state index in [1.807, 2.05) is 13.8 Å². The zero-order valence-corrected chi connectivity index (χ0v) is 11.9. The van der Waals surface area contributed by atoms with E-state index in [0.29, 0.717) is 6.04 Å². The Morgan fingerprint density at radius 3 is 2.58 bits per heavy atom. The molecule has 2 nitrogen and oxygen atoms in total. The molecule has 2 atom stereocenters. The molecule has 0 aromatic rings. The van der Waals surface area contributed by atoms with Gasteiger partial charge in [-0.1, -0.05) is 0 Å². The fourth-order valence-electron chi connectivity index (χ4n) is 1.11. The minimum absolute atomic E-state index is 0.297. The first kappa shape index (κ1) is 13.0. The van der Waals surface area contributed by atoms with Crippen LogP contribution >= 0.6 is 8.92 Å². The maximum atomic E-state index is 6.27. The molecule has 0 spiro atoms. The molecule has 0 amide bonds. The van der Waals surface area contributed by atoms with E-state index in [0.717, 1.165) is 23.9 Å². The molecule has 0 aliphatic rings. The fraction of sp³-hybridized carbons (Fsp3) is 1.00. The molecule has 0 saturated heterocycles. The molecule has 0 radical (unpaired) electrons. The second kappa shape index (κ2) is 6.46. The Kier molecular flexibility index (Phi) is 7.00. The van der Waals surface area contributed by atoms with E-state index >= 15 is 0 Å². The third kappa shape index (κ3) is 7.65. The van der Waals surface area contributed by atoms with Crippen molar-refractivity contribution in [3.8, 4) is 0 Å². The van der Waals surface area contributed by atoms with Crippen LogP contribution in [0.4, 0.5) is 0 Å². The van der Waals surface area contributed by atoms with Gasteiger partial charge in [-0.2, -0.15) is 0 Å². The van der Waals surface area contributed by atoms with E-state index in [4.69, 9.17) is 17.7 Å². The van der Waals surface area contributed by atoms with Crippen LogP contribution in [0.3, 0.4) is 0 Å². The average molecular weight is 300 g/mol. The second-order valence-corrected chi connectivity index (χ2v) is 17.3. The van der Waals surface area contributed by atoms with Crippen LogP contribution in [0.15, 0.2) is 0 Å². The van der Waals surface area contributed by atoms with Crippen molar-refractivity contribution in [2.75, 3.05) is 6.61 Å². The molecular formula is C8H20ClNOSn. The van der Waals surface area contributed by atoms with Crippen LogP contribution < -0.4 is 5.73 Å². The van der Waals surface area contributed by atoms with E-state index < -0.39 is 17.7 Å². The third-order valence-corrected chi connectivity index (χ3v) is 9.83. The molecule has 0 bridgehead atoms. The summed E-state index contributed by atoms with van der Waals surface area (Å²) in [6, 6.07) is 0.297. The zero-order valence-electron chi connectivity index (χ0n) is 8.27. The quantitative estimate of drug-likeness (QED) is 0.765. The molecule has 0 aromatic heterocycles. The van der Waals surface area contributed by atoms with E-state index in [9.17, 15) is 0 Å². The first-order valence-electron chi connectivity index (χ1n) is 4.56. The molecular weight excluding hydrogens is 280 g/mol. The number of hydrogen-bond acceptors (Lipinski definition) is 2. The minimum atomic E-state index is -2.55. The van der Waals surface area contributed by atoms with E-state index in [1.54, 1.807) is 0 Å². The zero-order chi connectivity index (χ0) is 9.61. The molecule has 0 heterocycles. The normalized spacial score (nSPS) is 18.8. The van der Waals surface area contributed by atoms with Gasteiger partial charge in [0.15, 0.2) is 0 Å². The predicted octanol–water partition coefficient (Wildman–Crippen LogP) is 2.46. The molecule has 2 unspecified atom stereocenters. The summed E-state index contributed by atoms with van der Waals surface area (Å²) in [5, 5.41) is 0. The van der Waals surface area contributed by atoms with Gasteiger partial charge >= 0.3 is 84.1 Å². The molecule has 0 fully saturated rings. The Hall–Kier alpha value is 1.01. The molecule has 0 rings (SSSR count). The van der Waals surface area contributed by atoms with Crippen molar-refractivity contribution in [2.24, 2.45) is 5.73 Å². The van der Waals surface area contributed by atoms with Crippen LogP contribution in [0.2, 0.25) is 9.38 Å². The summed E-state index contributed by atoms with van der Waals surface area (Å²) >= 11 is -2.55. The van der Waals surface area contributed by atoms with Crippen molar-refractivity contribution < 1.29 is 3.07 Å². The molecule has 12 heavy (non-hydrogen) atoms. The molecule has 0 aromatic carbocycles. The van der Waals surface area contributed by atoms with E-state index in [1.165, 1.54) is 0 Å². The number of nitrogens with two attached hydrogens (primary N) is 1. The van der Waals surface area contributed by atoms with Crippen molar-refractivity contribution >= 4 is 26.6 Å². The van der Waals surface area contributed by atoms with E-state index in [2.05, 4.69) is 4.94 Å². The summed E-state index contributed by atoms with van der Waals surface area (Å²) in [7, 11) is 6.27. The number of halogens is 1. The number of rotatable bonds is 6. The standard InChI is InChI=1S/C5H12N.C2H5O.CH3.ClH.Sn/c1-3-4-5(2)6;1-2-3;;;/h5H,1,3-4,6H2,2H3;2H2,1H3;1H3;1H;/q;-1;;;+2/p-1. The molecule has 0 aliphatic carbocycles. The van der Waals surface area contributed by atoms with Gasteiger partial charge in [0, 0.05) is 0 Å². The Morgan fingerprint density at radius 1 is 1.58 bits per heavy atom. The topological polar surface area (TPSA) is 35.2 Å². The van der Waals surface area contributed by atoms with Crippen LogP contribution in [0.5, 0.6) is 0 Å². The molecule has 0 aliphatic heterocycles.